The van der Waals surface area contributed by atoms with E-state index in [1.807, 2.05) is 13.8 Å². The van der Waals surface area contributed by atoms with E-state index in [2.05, 4.69) is 4.98 Å². The van der Waals surface area contributed by atoms with Crippen molar-refractivity contribution in [3.8, 4) is 17.0 Å². The minimum absolute atomic E-state index is 0.108. The van der Waals surface area contributed by atoms with Crippen molar-refractivity contribution in [3.05, 3.63) is 58.9 Å². The van der Waals surface area contributed by atoms with E-state index in [1.165, 1.54) is 13.2 Å². The van der Waals surface area contributed by atoms with Gasteiger partial charge in [-0.2, -0.15) is 0 Å². The van der Waals surface area contributed by atoms with Crippen LogP contribution in [0, 0.1) is 5.82 Å². The smallest absolute Gasteiger partial charge is 0.410 e. The van der Waals surface area contributed by atoms with Crippen LogP contribution < -0.4 is 4.74 Å². The predicted molar refractivity (Wildman–Crippen MR) is 132 cm³/mol. The number of methoxy groups -OCH3 is 1. The fraction of sp³-hybridized carbons (Fsp3) is 0.346. The normalized spacial score (nSPS) is 15.9. The predicted octanol–water partition coefficient (Wildman–Crippen LogP) is 5.40. The Balaban J connectivity index is 1.57. The van der Waals surface area contributed by atoms with Gasteiger partial charge in [0, 0.05) is 42.2 Å². The molecule has 0 unspecified atom stereocenters. The maximum atomic E-state index is 13.8. The molecule has 0 saturated carbocycles. The van der Waals surface area contributed by atoms with Crippen LogP contribution in [-0.2, 0) is 4.74 Å². The van der Waals surface area contributed by atoms with Crippen molar-refractivity contribution in [3.63, 3.8) is 0 Å². The third-order valence-electron chi connectivity index (χ3n) is 6.03. The molecule has 9 heteroatoms. The first kappa shape index (κ1) is 24.7. The summed E-state index contributed by atoms with van der Waals surface area (Å²) in [6.45, 7) is 5.44. The van der Waals surface area contributed by atoms with E-state index in [4.69, 9.17) is 21.1 Å². The van der Waals surface area contributed by atoms with Gasteiger partial charge in [0.2, 0.25) is 0 Å². The number of carbonyl (C=O) groups is 2. The minimum Gasteiger partial charge on any atom is -0.494 e. The lowest BCUT2D eigenvalue weighted by molar-refractivity contribution is 0.0412. The summed E-state index contributed by atoms with van der Waals surface area (Å²) < 4.78 is 24.2. The minimum atomic E-state index is -0.469. The first-order chi connectivity index (χ1) is 16.8. The average molecular weight is 500 g/mol. The van der Waals surface area contributed by atoms with Gasteiger partial charge in [-0.05, 0) is 49.7 Å². The number of halogens is 2. The lowest BCUT2D eigenvalue weighted by Gasteiger charge is -2.39. The number of nitrogens with zero attached hydrogens (tertiary/aromatic N) is 3. The van der Waals surface area contributed by atoms with Crippen LogP contribution in [0.25, 0.3) is 22.2 Å². The first-order valence-electron chi connectivity index (χ1n) is 11.5. The standard InChI is InChI=1S/C26H27ClFN3O4/c1-4-11-35-26(33)31-10-9-30(15-16(31)2)25(32)18-5-7-19-20(27)14-22(29-23(19)12-18)17-6-8-21(28)24(13-17)34-3/h5-8,12-14,16H,4,9-11,15H2,1-3H3/t16-/m1/s1. The Kier molecular flexibility index (Phi) is 7.40. The molecule has 2 heterocycles. The Morgan fingerprint density at radius 3 is 2.69 bits per heavy atom. The molecule has 7 nitrogen and oxygen atoms in total. The first-order valence-corrected chi connectivity index (χ1v) is 11.9. The number of rotatable bonds is 5. The number of pyridine rings is 1. The molecule has 4 rings (SSSR count). The quantitative estimate of drug-likeness (QED) is 0.470. The Morgan fingerprint density at radius 1 is 1.17 bits per heavy atom. The monoisotopic (exact) mass is 499 g/mol. The fourth-order valence-corrected chi connectivity index (χ4v) is 4.42. The van der Waals surface area contributed by atoms with Crippen molar-refractivity contribution in [2.75, 3.05) is 33.4 Å². The lowest BCUT2D eigenvalue weighted by atomic mass is 10.1. The van der Waals surface area contributed by atoms with Gasteiger partial charge >= 0.3 is 6.09 Å². The molecular formula is C26H27ClFN3O4. The van der Waals surface area contributed by atoms with Gasteiger partial charge in [-0.15, -0.1) is 0 Å². The summed E-state index contributed by atoms with van der Waals surface area (Å²) in [4.78, 5) is 33.6. The second kappa shape index (κ2) is 10.5. The highest BCUT2D eigenvalue weighted by atomic mass is 35.5. The maximum absolute atomic E-state index is 13.8. The zero-order valence-electron chi connectivity index (χ0n) is 19.9. The van der Waals surface area contributed by atoms with Gasteiger partial charge in [-0.25, -0.2) is 14.2 Å². The average Bonchev–Trinajstić information content (AvgIpc) is 2.86. The third kappa shape index (κ3) is 5.17. The second-order valence-electron chi connectivity index (χ2n) is 8.48. The molecule has 35 heavy (non-hydrogen) atoms. The van der Waals surface area contributed by atoms with Gasteiger partial charge in [0.25, 0.3) is 5.91 Å². The van der Waals surface area contributed by atoms with E-state index in [-0.39, 0.29) is 23.8 Å². The Morgan fingerprint density at radius 2 is 1.97 bits per heavy atom. The van der Waals surface area contributed by atoms with Crippen LogP contribution in [-0.4, -0.2) is 66.2 Å². The number of carbonyl (C=O) groups excluding carboxylic acids is 2. The molecule has 0 aliphatic carbocycles. The highest BCUT2D eigenvalue weighted by molar-refractivity contribution is 6.35. The maximum Gasteiger partial charge on any atom is 0.410 e. The van der Waals surface area contributed by atoms with Gasteiger partial charge < -0.3 is 19.3 Å². The number of benzene rings is 2. The zero-order valence-corrected chi connectivity index (χ0v) is 20.6. The highest BCUT2D eigenvalue weighted by Gasteiger charge is 2.31. The molecule has 1 fully saturated rings. The third-order valence-corrected chi connectivity index (χ3v) is 6.34. The van der Waals surface area contributed by atoms with Crippen molar-refractivity contribution in [1.29, 1.82) is 0 Å². The topological polar surface area (TPSA) is 72.0 Å². The molecule has 1 aliphatic rings. The number of amides is 2. The van der Waals surface area contributed by atoms with Gasteiger partial charge in [0.05, 0.1) is 29.9 Å². The van der Waals surface area contributed by atoms with Gasteiger partial charge in [0.1, 0.15) is 0 Å². The Labute approximate surface area is 208 Å². The molecule has 3 aromatic rings. The molecule has 1 aromatic heterocycles. The number of aromatic nitrogens is 1. The van der Waals surface area contributed by atoms with Crippen LogP contribution in [0.3, 0.4) is 0 Å². The molecule has 0 spiro atoms. The van der Waals surface area contributed by atoms with Crippen LogP contribution in [0.15, 0.2) is 42.5 Å². The summed E-state index contributed by atoms with van der Waals surface area (Å²) in [5.41, 5.74) is 2.21. The van der Waals surface area contributed by atoms with Crippen LogP contribution in [0.5, 0.6) is 5.75 Å². The summed E-state index contributed by atoms with van der Waals surface area (Å²) in [6.07, 6.45) is 0.413. The van der Waals surface area contributed by atoms with Gasteiger partial charge in [0.15, 0.2) is 11.6 Å². The Hall–Kier alpha value is -3.39. The number of ether oxygens (including phenoxy) is 2. The van der Waals surface area contributed by atoms with E-state index < -0.39 is 5.82 Å². The van der Waals surface area contributed by atoms with Gasteiger partial charge in [-0.1, -0.05) is 24.6 Å². The number of fused-ring (bicyclic) bond motifs is 1. The van der Waals surface area contributed by atoms with E-state index in [9.17, 15) is 14.0 Å². The van der Waals surface area contributed by atoms with Crippen LogP contribution in [0.1, 0.15) is 30.6 Å². The molecule has 0 bridgehead atoms. The SMILES string of the molecule is CCCOC(=O)N1CCN(C(=O)c2ccc3c(Cl)cc(-c4ccc(F)c(OC)c4)nc3c2)C[C@H]1C. The van der Waals surface area contributed by atoms with Crippen molar-refractivity contribution in [2.45, 2.75) is 26.3 Å². The molecule has 1 saturated heterocycles. The fourth-order valence-electron chi connectivity index (χ4n) is 4.15. The van der Waals surface area contributed by atoms with Crippen molar-refractivity contribution in [1.82, 2.24) is 14.8 Å². The molecular weight excluding hydrogens is 473 g/mol. The summed E-state index contributed by atoms with van der Waals surface area (Å²) >= 11 is 6.51. The molecule has 0 N–H and O–H groups in total. The van der Waals surface area contributed by atoms with E-state index in [0.29, 0.717) is 59.0 Å². The summed E-state index contributed by atoms with van der Waals surface area (Å²) in [5.74, 6) is -0.507. The number of hydrogen-bond donors (Lipinski definition) is 0. The van der Waals surface area contributed by atoms with Gasteiger partial charge in [-0.3, -0.25) is 4.79 Å². The van der Waals surface area contributed by atoms with E-state index in [1.54, 1.807) is 46.2 Å². The zero-order chi connectivity index (χ0) is 25.1. The summed E-state index contributed by atoms with van der Waals surface area (Å²) in [6, 6.07) is 11.2. The summed E-state index contributed by atoms with van der Waals surface area (Å²) in [7, 11) is 1.40. The molecule has 2 aromatic carbocycles. The van der Waals surface area contributed by atoms with Crippen LogP contribution in [0.4, 0.5) is 9.18 Å². The molecule has 2 amide bonds. The van der Waals surface area contributed by atoms with Crippen molar-refractivity contribution < 1.29 is 23.5 Å². The molecule has 0 radical (unpaired) electrons. The van der Waals surface area contributed by atoms with E-state index >= 15 is 0 Å². The molecule has 1 aliphatic heterocycles. The summed E-state index contributed by atoms with van der Waals surface area (Å²) in [5, 5.41) is 1.18. The molecule has 184 valence electrons. The Bertz CT molecular complexity index is 1270. The lowest BCUT2D eigenvalue weighted by Crippen LogP contribution is -2.55. The van der Waals surface area contributed by atoms with Crippen molar-refractivity contribution >= 4 is 34.5 Å². The molecule has 1 atom stereocenters. The largest absolute Gasteiger partial charge is 0.494 e. The number of piperazine rings is 1. The number of hydrogen-bond acceptors (Lipinski definition) is 5. The van der Waals surface area contributed by atoms with E-state index in [0.717, 1.165) is 6.42 Å². The van der Waals surface area contributed by atoms with Crippen LogP contribution in [0.2, 0.25) is 5.02 Å². The van der Waals surface area contributed by atoms with Crippen molar-refractivity contribution in [2.24, 2.45) is 0 Å². The highest BCUT2D eigenvalue weighted by Crippen LogP contribution is 2.31. The second-order valence-corrected chi connectivity index (χ2v) is 8.89. The van der Waals surface area contributed by atoms with Crippen LogP contribution >= 0.6 is 11.6 Å².